The number of carbonyl (C=O) groups excluding carboxylic acids is 3. The van der Waals surface area contributed by atoms with Crippen LogP contribution in [-0.2, 0) is 49.8 Å². The number of rotatable bonds is 25. The number of carbonyl (C=O) groups is 4. The minimum Gasteiger partial charge on any atom is -0.508 e. The molecule has 1 aliphatic carbocycles. The summed E-state index contributed by atoms with van der Waals surface area (Å²) < 4.78 is 76.2. The number of phenolic OH excluding ortho intramolecular Hbond substituents is 1. The summed E-state index contributed by atoms with van der Waals surface area (Å²) in [5.74, 6) is -3.55. The van der Waals surface area contributed by atoms with E-state index in [9.17, 15) is 42.6 Å². The highest BCUT2D eigenvalue weighted by Gasteiger charge is 2.57. The zero-order valence-corrected chi connectivity index (χ0v) is 47.8. The van der Waals surface area contributed by atoms with E-state index in [-0.39, 0.29) is 90.9 Å². The number of aromatic hydroxyl groups is 1. The van der Waals surface area contributed by atoms with Gasteiger partial charge in [0.1, 0.15) is 58.9 Å². The van der Waals surface area contributed by atoms with Crippen LogP contribution in [0.4, 0.5) is 10.6 Å². The van der Waals surface area contributed by atoms with Crippen LogP contribution in [-0.4, -0.2) is 148 Å². The van der Waals surface area contributed by atoms with Gasteiger partial charge in [-0.1, -0.05) is 43.2 Å². The molecule has 7 N–H and O–H groups in total. The fraction of sp³-hybridized carbons (Fsp3) is 0.414. The van der Waals surface area contributed by atoms with E-state index in [0.717, 1.165) is 4.31 Å². The number of carboxylic acid groups (broad SMARTS) is 1. The van der Waals surface area contributed by atoms with Crippen molar-refractivity contribution in [3.05, 3.63) is 124 Å². The topological polar surface area (TPSA) is 337 Å². The monoisotopic (exact) mass is 1180 g/mol. The largest absolute Gasteiger partial charge is 0.508 e. The van der Waals surface area contributed by atoms with Crippen molar-refractivity contribution in [1.29, 1.82) is 0 Å². The standard InChI is InChI=1S/C58H67N9O16S/c1-57(2,3)83-56(74)64-42(27-34-13-9-8-10-14-34)53(71)65-84(75,76)66(31-45-48-49(82-58(4,5)81-48)54(80-45)67-33-63-47-50(59)61-32-62-51(47)67)22-11-6-7-12-23-77-25-26-78-24-21-60-52(70)35-15-18-38(55(72)73)41(28-35)46-39-19-16-36(68)29-43(39)79-44-30-37(69)17-20-40(44)46/h8-10,13-20,28-30,32-33,42,45,48-49,54,68H,6-7,11-12,21-27,31H2,1-5H3,(H,60,70)(H,64,74)(H,65,71)(H,72,73)(H2,59,61,62)/t42-,45+,48+,49+,54+/m0/s1. The molecule has 84 heavy (non-hydrogen) atoms. The maximum absolute atomic E-state index is 14.5. The number of ether oxygens (including phenoxy) is 6. The van der Waals surface area contributed by atoms with E-state index >= 15 is 0 Å². The summed E-state index contributed by atoms with van der Waals surface area (Å²) in [5, 5.41) is 26.2. The van der Waals surface area contributed by atoms with E-state index < -0.39 is 76.1 Å². The molecule has 2 fully saturated rings. The fourth-order valence-corrected chi connectivity index (χ4v) is 11.3. The van der Waals surface area contributed by atoms with Gasteiger partial charge in [-0.05, 0) is 101 Å². The number of aromatic carboxylic acids is 1. The Labute approximate surface area is 483 Å². The number of hydrogen-bond acceptors (Lipinski definition) is 19. The Morgan fingerprint density at radius 2 is 1.62 bits per heavy atom. The summed E-state index contributed by atoms with van der Waals surface area (Å²) in [7, 11) is -4.64. The minimum atomic E-state index is -4.64. The number of hydrogen-bond donors (Lipinski definition) is 6. The molecule has 0 spiro atoms. The van der Waals surface area contributed by atoms with Gasteiger partial charge in [0, 0.05) is 66.9 Å². The first-order chi connectivity index (χ1) is 40.0. The SMILES string of the molecule is CC(C)(C)OC(=O)N[C@@H](Cc1ccccc1)C(=O)NS(=O)(=O)N(CCCCCCOCCOCCNC(=O)c1ccc(C(=O)O)c(-c2c3ccc(=O)cc-3oc3cc(O)ccc23)c1)C[C@H]1O[C@@H](n2cnc3c(N)ncnc32)[C@@H]2OC(C)(C)O[C@@H]21. The number of nitrogens with one attached hydrogen (secondary N) is 3. The lowest BCUT2D eigenvalue weighted by Gasteiger charge is -2.29. The molecule has 25 nitrogen and oxygen atoms in total. The predicted molar refractivity (Wildman–Crippen MR) is 305 cm³/mol. The number of nitrogens with two attached hydrogens (primary N) is 1. The van der Waals surface area contributed by atoms with E-state index in [0.29, 0.717) is 65.5 Å². The molecule has 26 heteroatoms. The van der Waals surface area contributed by atoms with Crippen molar-refractivity contribution >= 4 is 62.0 Å². The number of phenols is 1. The molecule has 3 aromatic carbocycles. The molecule has 0 saturated carbocycles. The molecule has 5 atom stereocenters. The maximum atomic E-state index is 14.5. The van der Waals surface area contributed by atoms with Gasteiger partial charge < -0.3 is 59.4 Å². The molecule has 0 bridgehead atoms. The lowest BCUT2D eigenvalue weighted by atomic mass is 9.89. The lowest BCUT2D eigenvalue weighted by Crippen LogP contribution is -2.54. The molecule has 4 aliphatic rings. The Morgan fingerprint density at radius 1 is 0.869 bits per heavy atom. The van der Waals surface area contributed by atoms with Gasteiger partial charge in [-0.2, -0.15) is 12.7 Å². The Morgan fingerprint density at radius 3 is 2.38 bits per heavy atom. The highest BCUT2D eigenvalue weighted by atomic mass is 32.2. The van der Waals surface area contributed by atoms with Crippen molar-refractivity contribution in [1.82, 2.24) is 39.2 Å². The van der Waals surface area contributed by atoms with Gasteiger partial charge in [0.2, 0.25) is 0 Å². The Kier molecular flexibility index (Phi) is 18.6. The number of alkyl carbamates (subject to hydrolysis) is 1. The first kappa shape index (κ1) is 60.5. The van der Waals surface area contributed by atoms with Crippen LogP contribution in [0.1, 0.15) is 92.8 Å². The van der Waals surface area contributed by atoms with Crippen molar-refractivity contribution in [2.75, 3.05) is 51.8 Å². The average molecular weight is 1180 g/mol. The number of carboxylic acids is 1. The Bertz CT molecular complexity index is 3670. The second kappa shape index (κ2) is 25.8. The third-order valence-electron chi connectivity index (χ3n) is 13.8. The van der Waals surface area contributed by atoms with Gasteiger partial charge in [-0.3, -0.25) is 19.0 Å². The van der Waals surface area contributed by atoms with Gasteiger partial charge in [0.15, 0.2) is 28.9 Å². The number of fused-ring (bicyclic) bond motifs is 4. The number of amides is 3. The molecule has 5 heterocycles. The first-order valence-electron chi connectivity index (χ1n) is 27.3. The molecule has 2 aromatic heterocycles. The summed E-state index contributed by atoms with van der Waals surface area (Å²) in [6.45, 7) is 9.32. The van der Waals surface area contributed by atoms with E-state index in [1.807, 2.05) is 0 Å². The number of nitrogen functional groups attached to an aromatic ring is 1. The van der Waals surface area contributed by atoms with Crippen LogP contribution in [0.15, 0.2) is 107 Å². The number of anilines is 1. The zero-order chi connectivity index (χ0) is 59.9. The third kappa shape index (κ3) is 14.6. The van der Waals surface area contributed by atoms with Gasteiger partial charge in [0.05, 0.1) is 31.7 Å². The molecule has 5 aromatic rings. The highest BCUT2D eigenvalue weighted by molar-refractivity contribution is 7.87. The molecule has 3 amide bonds. The highest BCUT2D eigenvalue weighted by Crippen LogP contribution is 2.45. The van der Waals surface area contributed by atoms with E-state index in [1.54, 1.807) is 75.6 Å². The van der Waals surface area contributed by atoms with Crippen LogP contribution in [0, 0.1) is 0 Å². The summed E-state index contributed by atoms with van der Waals surface area (Å²) in [4.78, 5) is 78.0. The Hall–Kier alpha value is -8.11. The van der Waals surface area contributed by atoms with Crippen molar-refractivity contribution in [2.24, 2.45) is 0 Å². The van der Waals surface area contributed by atoms with E-state index in [4.69, 9.17) is 38.6 Å². The summed E-state index contributed by atoms with van der Waals surface area (Å²) in [6, 6.07) is 20.2. The van der Waals surface area contributed by atoms with Gasteiger partial charge in [-0.25, -0.2) is 29.3 Å². The van der Waals surface area contributed by atoms with Crippen molar-refractivity contribution in [2.45, 2.75) is 109 Å². The smallest absolute Gasteiger partial charge is 0.408 e. The Balaban J connectivity index is 0.780. The number of imidazole rings is 1. The molecule has 0 unspecified atom stereocenters. The van der Waals surface area contributed by atoms with Crippen molar-refractivity contribution in [3.63, 3.8) is 0 Å². The number of nitrogens with zero attached hydrogens (tertiary/aromatic N) is 5. The number of benzene rings is 4. The second-order valence-electron chi connectivity index (χ2n) is 21.7. The van der Waals surface area contributed by atoms with Gasteiger partial charge in [0.25, 0.3) is 11.8 Å². The minimum absolute atomic E-state index is 0.0380. The average Bonchev–Trinajstić information content (AvgIpc) is 1.47. The molecule has 9 rings (SSSR count). The number of aromatic nitrogens is 4. The van der Waals surface area contributed by atoms with Gasteiger partial charge in [-0.15, -0.1) is 0 Å². The fourth-order valence-electron chi connectivity index (χ4n) is 10.1. The van der Waals surface area contributed by atoms with Crippen LogP contribution in [0.3, 0.4) is 0 Å². The van der Waals surface area contributed by atoms with Crippen LogP contribution < -0.4 is 26.5 Å². The lowest BCUT2D eigenvalue weighted by molar-refractivity contribution is -0.196. The molecular formula is C58H67N9O16S. The van der Waals surface area contributed by atoms with Crippen LogP contribution in [0.25, 0.3) is 44.6 Å². The maximum Gasteiger partial charge on any atom is 0.408 e. The third-order valence-corrected chi connectivity index (χ3v) is 15.3. The molecule has 0 radical (unpaired) electrons. The predicted octanol–water partition coefficient (Wildman–Crippen LogP) is 5.93. The summed E-state index contributed by atoms with van der Waals surface area (Å²) in [5.41, 5.74) is 7.59. The van der Waals surface area contributed by atoms with E-state index in [1.165, 1.54) is 61.2 Å². The first-order valence-corrected chi connectivity index (χ1v) is 28.8. The zero-order valence-electron chi connectivity index (χ0n) is 46.9. The molecule has 446 valence electrons. The van der Waals surface area contributed by atoms with E-state index in [2.05, 4.69) is 30.3 Å². The van der Waals surface area contributed by atoms with Crippen LogP contribution in [0.2, 0.25) is 0 Å². The van der Waals surface area contributed by atoms with Crippen LogP contribution in [0.5, 0.6) is 5.75 Å². The quantitative estimate of drug-likeness (QED) is 0.0285. The molecule has 3 aliphatic heterocycles. The summed E-state index contributed by atoms with van der Waals surface area (Å²) >= 11 is 0. The normalized spacial score (nSPS) is 18.0. The molecular weight excluding hydrogens is 1110 g/mol. The second-order valence-corrected chi connectivity index (χ2v) is 23.4. The molecule has 2 saturated heterocycles. The summed E-state index contributed by atoms with van der Waals surface area (Å²) in [6.07, 6.45) is 0.795. The van der Waals surface area contributed by atoms with Crippen molar-refractivity contribution < 1.29 is 70.6 Å². The van der Waals surface area contributed by atoms with Crippen molar-refractivity contribution in [3.8, 4) is 28.2 Å². The number of unbranched alkanes of at least 4 members (excludes halogenated alkanes) is 3. The van der Waals surface area contributed by atoms with Crippen LogP contribution >= 0.6 is 0 Å². The van der Waals surface area contributed by atoms with Gasteiger partial charge >= 0.3 is 22.3 Å².